The minimum atomic E-state index is 0.974. The van der Waals surface area contributed by atoms with Crippen molar-refractivity contribution in [3.05, 3.63) is 35.2 Å². The molecular weight excluding hydrogens is 242 g/mol. The number of nitrogens with one attached hydrogen (secondary N) is 2. The first kappa shape index (κ1) is 10.1. The molecule has 18 heavy (non-hydrogen) atoms. The number of imidazole rings is 1. The van der Waals surface area contributed by atoms with Crippen LogP contribution in [0.4, 0.5) is 5.69 Å². The second kappa shape index (κ2) is 3.85. The van der Waals surface area contributed by atoms with Gasteiger partial charge in [-0.2, -0.15) is 0 Å². The number of rotatable bonds is 1. The molecule has 0 fully saturated rings. The normalized spacial score (nSPS) is 14.4. The zero-order chi connectivity index (χ0) is 11.9. The molecule has 0 atom stereocenters. The largest absolute Gasteiger partial charge is 0.385 e. The predicted molar refractivity (Wildman–Crippen MR) is 76.2 cm³/mol. The molecule has 2 aromatic heterocycles. The van der Waals surface area contributed by atoms with E-state index in [1.165, 1.54) is 22.5 Å². The Bertz CT molecular complexity index is 654. The number of hydrogen-bond acceptors (Lipinski definition) is 3. The highest BCUT2D eigenvalue weighted by Crippen LogP contribution is 2.29. The minimum Gasteiger partial charge on any atom is -0.385 e. The van der Waals surface area contributed by atoms with Gasteiger partial charge in [0, 0.05) is 12.2 Å². The Labute approximate surface area is 109 Å². The van der Waals surface area contributed by atoms with Crippen molar-refractivity contribution in [2.24, 2.45) is 0 Å². The van der Waals surface area contributed by atoms with E-state index in [4.69, 9.17) is 0 Å². The summed E-state index contributed by atoms with van der Waals surface area (Å²) in [4.78, 5) is 9.29. The summed E-state index contributed by atoms with van der Waals surface area (Å²) < 4.78 is 0. The zero-order valence-electron chi connectivity index (χ0n) is 9.86. The van der Waals surface area contributed by atoms with Gasteiger partial charge in [0.05, 0.1) is 15.9 Å². The molecular formula is C14H13N3S. The second-order valence-electron chi connectivity index (χ2n) is 4.62. The van der Waals surface area contributed by atoms with Gasteiger partial charge in [0.25, 0.3) is 0 Å². The van der Waals surface area contributed by atoms with Crippen LogP contribution in [-0.2, 0) is 6.42 Å². The van der Waals surface area contributed by atoms with E-state index in [-0.39, 0.29) is 0 Å². The molecule has 0 radical (unpaired) electrons. The van der Waals surface area contributed by atoms with Crippen LogP contribution in [0.25, 0.3) is 21.7 Å². The molecule has 3 heterocycles. The average molecular weight is 255 g/mol. The van der Waals surface area contributed by atoms with Crippen molar-refractivity contribution in [2.45, 2.75) is 12.8 Å². The van der Waals surface area contributed by atoms with Crippen molar-refractivity contribution in [1.29, 1.82) is 0 Å². The van der Waals surface area contributed by atoms with Crippen LogP contribution >= 0.6 is 11.3 Å². The summed E-state index contributed by atoms with van der Waals surface area (Å²) >= 11 is 1.71. The van der Waals surface area contributed by atoms with Crippen LogP contribution < -0.4 is 5.32 Å². The summed E-state index contributed by atoms with van der Waals surface area (Å²) in [7, 11) is 0. The number of nitrogens with zero attached hydrogens (tertiary/aromatic N) is 1. The molecule has 0 saturated heterocycles. The molecule has 4 rings (SSSR count). The number of anilines is 1. The molecule has 1 aromatic carbocycles. The molecule has 3 aromatic rings. The maximum absolute atomic E-state index is 4.68. The van der Waals surface area contributed by atoms with Crippen LogP contribution in [0, 0.1) is 0 Å². The minimum absolute atomic E-state index is 0.974. The lowest BCUT2D eigenvalue weighted by Gasteiger charge is -2.17. The topological polar surface area (TPSA) is 40.7 Å². The van der Waals surface area contributed by atoms with E-state index in [0.717, 1.165) is 29.8 Å². The molecule has 90 valence electrons. The lowest BCUT2D eigenvalue weighted by molar-refractivity contribution is 0.831. The maximum atomic E-state index is 4.68. The fourth-order valence-electron chi connectivity index (χ4n) is 2.50. The first-order valence-electron chi connectivity index (χ1n) is 6.20. The summed E-state index contributed by atoms with van der Waals surface area (Å²) in [5.74, 6) is 0.974. The summed E-state index contributed by atoms with van der Waals surface area (Å²) in [5.41, 5.74) is 4.83. The number of fused-ring (bicyclic) bond motifs is 2. The van der Waals surface area contributed by atoms with Gasteiger partial charge < -0.3 is 10.3 Å². The molecule has 4 heteroatoms. The number of hydrogen-bond donors (Lipinski definition) is 2. The lowest BCUT2D eigenvalue weighted by Crippen LogP contribution is -2.11. The van der Waals surface area contributed by atoms with Crippen LogP contribution in [-0.4, -0.2) is 16.5 Å². The third-order valence-corrected chi connectivity index (χ3v) is 4.28. The van der Waals surface area contributed by atoms with Crippen molar-refractivity contribution in [3.63, 3.8) is 0 Å². The third kappa shape index (κ3) is 1.53. The van der Waals surface area contributed by atoms with Crippen LogP contribution in [0.5, 0.6) is 0 Å². The van der Waals surface area contributed by atoms with Gasteiger partial charge >= 0.3 is 0 Å². The van der Waals surface area contributed by atoms with Crippen molar-refractivity contribution in [1.82, 2.24) is 9.97 Å². The lowest BCUT2D eigenvalue weighted by atomic mass is 10.0. The van der Waals surface area contributed by atoms with Gasteiger partial charge in [-0.1, -0.05) is 6.07 Å². The van der Waals surface area contributed by atoms with Crippen molar-refractivity contribution < 1.29 is 0 Å². The fraction of sp³-hybridized carbons (Fsp3) is 0.214. The van der Waals surface area contributed by atoms with Gasteiger partial charge in [0.2, 0.25) is 0 Å². The maximum Gasteiger partial charge on any atom is 0.148 e. The van der Waals surface area contributed by atoms with Crippen LogP contribution in [0.1, 0.15) is 12.0 Å². The highest BCUT2D eigenvalue weighted by molar-refractivity contribution is 7.13. The summed E-state index contributed by atoms with van der Waals surface area (Å²) in [6.45, 7) is 1.07. The predicted octanol–water partition coefficient (Wildman–Crippen LogP) is 3.65. The quantitative estimate of drug-likeness (QED) is 0.697. The van der Waals surface area contributed by atoms with E-state index in [1.54, 1.807) is 11.3 Å². The zero-order valence-corrected chi connectivity index (χ0v) is 10.7. The number of benzene rings is 1. The molecule has 0 bridgehead atoms. The molecule has 3 nitrogen and oxygen atoms in total. The van der Waals surface area contributed by atoms with Crippen molar-refractivity contribution >= 4 is 28.1 Å². The first-order valence-corrected chi connectivity index (χ1v) is 7.08. The third-order valence-electron chi connectivity index (χ3n) is 3.40. The Balaban J connectivity index is 1.90. The Morgan fingerprint density at radius 2 is 2.28 bits per heavy atom. The van der Waals surface area contributed by atoms with Crippen LogP contribution in [0.3, 0.4) is 0 Å². The van der Waals surface area contributed by atoms with Gasteiger partial charge in [-0.25, -0.2) is 4.98 Å². The number of aryl methyl sites for hydroxylation is 1. The van der Waals surface area contributed by atoms with Gasteiger partial charge in [0.1, 0.15) is 5.82 Å². The first-order chi connectivity index (χ1) is 8.90. The molecule has 0 saturated carbocycles. The van der Waals surface area contributed by atoms with E-state index in [9.17, 15) is 0 Å². The average Bonchev–Trinajstić information content (AvgIpc) is 3.04. The second-order valence-corrected chi connectivity index (χ2v) is 5.57. The number of thiophene rings is 1. The Morgan fingerprint density at radius 3 is 3.17 bits per heavy atom. The van der Waals surface area contributed by atoms with Crippen LogP contribution in [0.2, 0.25) is 0 Å². The summed E-state index contributed by atoms with van der Waals surface area (Å²) in [6, 6.07) is 8.55. The van der Waals surface area contributed by atoms with E-state index in [2.05, 4.69) is 44.9 Å². The highest BCUT2D eigenvalue weighted by atomic mass is 32.1. The molecule has 1 aliphatic rings. The molecule has 2 N–H and O–H groups in total. The Hall–Kier alpha value is -1.81. The van der Waals surface area contributed by atoms with E-state index in [0.29, 0.717) is 0 Å². The van der Waals surface area contributed by atoms with Gasteiger partial charge in [-0.15, -0.1) is 11.3 Å². The Kier molecular flexibility index (Phi) is 2.17. The molecule has 0 aliphatic carbocycles. The molecule has 0 amide bonds. The SMILES string of the molecule is c1csc(-c2nc3cc4c(cc3[nH]2)CCCN4)c1. The van der Waals surface area contributed by atoms with Crippen LogP contribution in [0.15, 0.2) is 29.6 Å². The summed E-state index contributed by atoms with van der Waals surface area (Å²) in [5, 5.41) is 5.53. The summed E-state index contributed by atoms with van der Waals surface area (Å²) in [6.07, 6.45) is 2.37. The molecule has 1 aliphatic heterocycles. The van der Waals surface area contributed by atoms with Gasteiger partial charge in [-0.3, -0.25) is 0 Å². The van der Waals surface area contributed by atoms with E-state index >= 15 is 0 Å². The highest BCUT2D eigenvalue weighted by Gasteiger charge is 2.12. The van der Waals surface area contributed by atoms with Crippen molar-refractivity contribution in [3.8, 4) is 10.7 Å². The monoisotopic (exact) mass is 255 g/mol. The standard InChI is InChI=1S/C14H13N3S/c1-3-9-7-11-12(8-10(9)15-5-1)17-14(16-11)13-4-2-6-18-13/h2,4,6-8,15H,1,3,5H2,(H,16,17). The van der Waals surface area contributed by atoms with Gasteiger partial charge in [0.15, 0.2) is 0 Å². The Morgan fingerprint density at radius 1 is 1.28 bits per heavy atom. The van der Waals surface area contributed by atoms with Crippen molar-refractivity contribution in [2.75, 3.05) is 11.9 Å². The number of aromatic amines is 1. The van der Waals surface area contributed by atoms with Gasteiger partial charge in [-0.05, 0) is 42.0 Å². The number of H-pyrrole nitrogens is 1. The smallest absolute Gasteiger partial charge is 0.148 e. The number of aromatic nitrogens is 2. The fourth-order valence-corrected chi connectivity index (χ4v) is 3.17. The van der Waals surface area contributed by atoms with E-state index < -0.39 is 0 Å². The van der Waals surface area contributed by atoms with E-state index in [1.807, 2.05) is 0 Å². The molecule has 0 spiro atoms. The molecule has 0 unspecified atom stereocenters.